The number of ether oxygens (including phenoxy) is 1. The lowest BCUT2D eigenvalue weighted by Crippen LogP contribution is -2.31. The average molecular weight is 423 g/mol. The molecule has 26 heavy (non-hydrogen) atoms. The van der Waals surface area contributed by atoms with E-state index in [4.69, 9.17) is 4.74 Å². The van der Waals surface area contributed by atoms with E-state index in [-0.39, 0.29) is 30.6 Å². The largest absolute Gasteiger partial charge is 0.462 e. The molecule has 138 valence electrons. The highest BCUT2D eigenvalue weighted by atomic mass is 79.9. The van der Waals surface area contributed by atoms with Crippen molar-refractivity contribution in [2.45, 2.75) is 27.3 Å². The number of hydrogen-bond donors (Lipinski definition) is 0. The summed E-state index contributed by atoms with van der Waals surface area (Å²) in [6.45, 7) is 5.96. The third-order valence-corrected chi connectivity index (χ3v) is 4.33. The van der Waals surface area contributed by atoms with Crippen LogP contribution in [0.15, 0.2) is 34.8 Å². The van der Waals surface area contributed by atoms with Gasteiger partial charge in [0.25, 0.3) is 5.91 Å². The summed E-state index contributed by atoms with van der Waals surface area (Å²) in [5, 5.41) is 0. The van der Waals surface area contributed by atoms with E-state index in [0.29, 0.717) is 23.4 Å². The average Bonchev–Trinajstić information content (AvgIpc) is 2.61. The van der Waals surface area contributed by atoms with Crippen molar-refractivity contribution >= 4 is 27.8 Å². The van der Waals surface area contributed by atoms with E-state index >= 15 is 0 Å². The van der Waals surface area contributed by atoms with E-state index in [1.165, 1.54) is 23.1 Å². The smallest absolute Gasteiger partial charge is 0.339 e. The Morgan fingerprint density at radius 3 is 2.58 bits per heavy atom. The van der Waals surface area contributed by atoms with Gasteiger partial charge < -0.3 is 9.64 Å². The minimum atomic E-state index is -0.472. The topological polar surface area (TPSA) is 59.5 Å². The van der Waals surface area contributed by atoms with Gasteiger partial charge in [-0.3, -0.25) is 4.79 Å². The summed E-state index contributed by atoms with van der Waals surface area (Å²) in [5.41, 5.74) is 1.35. The number of aryl methyl sites for hydroxylation is 1. The Bertz CT molecular complexity index is 826. The molecule has 0 unspecified atom stereocenters. The lowest BCUT2D eigenvalue weighted by molar-refractivity contribution is 0.0524. The molecular formula is C19H20BrFN2O3. The fourth-order valence-electron chi connectivity index (χ4n) is 2.46. The first-order valence-corrected chi connectivity index (χ1v) is 9.04. The minimum absolute atomic E-state index is 0.126. The van der Waals surface area contributed by atoms with Crippen molar-refractivity contribution in [2.24, 2.45) is 0 Å². The second-order valence-electron chi connectivity index (χ2n) is 5.60. The van der Waals surface area contributed by atoms with Crippen molar-refractivity contribution in [3.05, 3.63) is 63.1 Å². The number of rotatable bonds is 6. The number of benzene rings is 1. The molecule has 0 aliphatic carbocycles. The zero-order valence-electron chi connectivity index (χ0n) is 14.9. The minimum Gasteiger partial charge on any atom is -0.462 e. The maximum atomic E-state index is 14.0. The van der Waals surface area contributed by atoms with Gasteiger partial charge >= 0.3 is 5.97 Å². The molecule has 0 radical (unpaired) electrons. The maximum absolute atomic E-state index is 14.0. The van der Waals surface area contributed by atoms with Gasteiger partial charge in [-0.2, -0.15) is 0 Å². The highest BCUT2D eigenvalue weighted by molar-refractivity contribution is 9.10. The Hall–Kier alpha value is -2.28. The van der Waals surface area contributed by atoms with Crippen LogP contribution < -0.4 is 0 Å². The van der Waals surface area contributed by atoms with Crippen LogP contribution in [0.5, 0.6) is 0 Å². The summed E-state index contributed by atoms with van der Waals surface area (Å²) in [4.78, 5) is 30.3. The van der Waals surface area contributed by atoms with Crippen LogP contribution in [0.1, 0.15) is 46.0 Å². The Balaban J connectivity index is 2.24. The van der Waals surface area contributed by atoms with Crippen molar-refractivity contribution in [2.75, 3.05) is 13.2 Å². The second-order valence-corrected chi connectivity index (χ2v) is 6.52. The van der Waals surface area contributed by atoms with E-state index in [9.17, 15) is 14.0 Å². The zero-order valence-corrected chi connectivity index (χ0v) is 16.5. The molecule has 0 atom stereocenters. The van der Waals surface area contributed by atoms with Gasteiger partial charge in [0.05, 0.1) is 17.9 Å². The van der Waals surface area contributed by atoms with Gasteiger partial charge in [0.1, 0.15) is 11.5 Å². The number of aromatic nitrogens is 1. The van der Waals surface area contributed by atoms with Crippen LogP contribution in [0.3, 0.4) is 0 Å². The highest BCUT2D eigenvalue weighted by Gasteiger charge is 2.20. The number of carbonyl (C=O) groups is 2. The number of halogens is 2. The summed E-state index contributed by atoms with van der Waals surface area (Å²) in [6.07, 6.45) is 0. The van der Waals surface area contributed by atoms with Crippen LogP contribution in [-0.4, -0.2) is 34.9 Å². The molecule has 0 fully saturated rings. The number of nitrogens with zero attached hydrogens (tertiary/aromatic N) is 2. The fraction of sp³-hybridized carbons (Fsp3) is 0.316. The molecule has 0 aliphatic rings. The van der Waals surface area contributed by atoms with Crippen molar-refractivity contribution in [3.63, 3.8) is 0 Å². The molecule has 0 N–H and O–H groups in total. The zero-order chi connectivity index (χ0) is 19.3. The Morgan fingerprint density at radius 1 is 1.23 bits per heavy atom. The molecule has 1 aromatic carbocycles. The standard InChI is InChI=1S/C19H20BrFN2O3/c1-4-23(11-13-10-14(20)6-8-16(13)21)18(24)17-9-7-15(12(3)22-17)19(25)26-5-2/h6-10H,4-5,11H2,1-3H3. The normalized spacial score (nSPS) is 10.5. The monoisotopic (exact) mass is 422 g/mol. The molecule has 2 rings (SSSR count). The van der Waals surface area contributed by atoms with Crippen LogP contribution >= 0.6 is 15.9 Å². The lowest BCUT2D eigenvalue weighted by Gasteiger charge is -2.21. The van der Waals surface area contributed by atoms with E-state index in [0.717, 1.165) is 4.47 Å². The predicted octanol–water partition coefficient (Wildman–Crippen LogP) is 4.13. The van der Waals surface area contributed by atoms with Gasteiger partial charge in [-0.05, 0) is 51.1 Å². The highest BCUT2D eigenvalue weighted by Crippen LogP contribution is 2.18. The first kappa shape index (κ1) is 20.0. The van der Waals surface area contributed by atoms with Gasteiger partial charge in [-0.25, -0.2) is 14.2 Å². The van der Waals surface area contributed by atoms with Gasteiger partial charge in [-0.1, -0.05) is 15.9 Å². The fourth-order valence-corrected chi connectivity index (χ4v) is 2.87. The molecule has 0 saturated heterocycles. The van der Waals surface area contributed by atoms with Crippen LogP contribution in [-0.2, 0) is 11.3 Å². The van der Waals surface area contributed by atoms with Crippen LogP contribution in [0.4, 0.5) is 4.39 Å². The molecule has 0 bridgehead atoms. The van der Waals surface area contributed by atoms with Crippen LogP contribution in [0, 0.1) is 12.7 Å². The summed E-state index contributed by atoms with van der Waals surface area (Å²) in [7, 11) is 0. The molecule has 5 nitrogen and oxygen atoms in total. The predicted molar refractivity (Wildman–Crippen MR) is 99.4 cm³/mol. The summed E-state index contributed by atoms with van der Waals surface area (Å²) in [6, 6.07) is 7.63. The van der Waals surface area contributed by atoms with Crippen molar-refractivity contribution in [1.82, 2.24) is 9.88 Å². The molecule has 0 spiro atoms. The summed E-state index contributed by atoms with van der Waals surface area (Å²) < 4.78 is 19.7. The Kier molecular flexibility index (Phi) is 6.85. The summed E-state index contributed by atoms with van der Waals surface area (Å²) >= 11 is 3.31. The molecular weight excluding hydrogens is 403 g/mol. The third-order valence-electron chi connectivity index (χ3n) is 3.84. The number of amides is 1. The van der Waals surface area contributed by atoms with Crippen LogP contribution in [0.25, 0.3) is 0 Å². The first-order chi connectivity index (χ1) is 12.4. The van der Waals surface area contributed by atoms with E-state index in [1.807, 2.05) is 6.92 Å². The van der Waals surface area contributed by atoms with E-state index < -0.39 is 5.97 Å². The molecule has 1 amide bonds. The van der Waals surface area contributed by atoms with Gasteiger partial charge in [-0.15, -0.1) is 0 Å². The van der Waals surface area contributed by atoms with E-state index in [2.05, 4.69) is 20.9 Å². The molecule has 1 aromatic heterocycles. The molecule has 2 aromatic rings. The number of hydrogen-bond acceptors (Lipinski definition) is 4. The molecule has 1 heterocycles. The SMILES string of the molecule is CCOC(=O)c1ccc(C(=O)N(CC)Cc2cc(Br)ccc2F)nc1C. The van der Waals surface area contributed by atoms with Crippen molar-refractivity contribution in [3.8, 4) is 0 Å². The molecule has 7 heteroatoms. The first-order valence-electron chi connectivity index (χ1n) is 8.25. The van der Waals surface area contributed by atoms with Crippen LogP contribution in [0.2, 0.25) is 0 Å². The molecule has 0 aliphatic heterocycles. The third kappa shape index (κ3) is 4.66. The number of carbonyl (C=O) groups excluding carboxylic acids is 2. The number of esters is 1. The molecule has 0 saturated carbocycles. The second kappa shape index (κ2) is 8.89. The van der Waals surface area contributed by atoms with Gasteiger partial charge in [0.15, 0.2) is 0 Å². The quantitative estimate of drug-likeness (QED) is 0.656. The Morgan fingerprint density at radius 2 is 1.96 bits per heavy atom. The maximum Gasteiger partial charge on any atom is 0.339 e. The lowest BCUT2D eigenvalue weighted by atomic mass is 10.1. The van der Waals surface area contributed by atoms with Crippen molar-refractivity contribution in [1.29, 1.82) is 0 Å². The van der Waals surface area contributed by atoms with E-state index in [1.54, 1.807) is 26.0 Å². The number of pyridine rings is 1. The summed E-state index contributed by atoms with van der Waals surface area (Å²) in [5.74, 6) is -1.17. The van der Waals surface area contributed by atoms with Crippen molar-refractivity contribution < 1.29 is 18.7 Å². The van der Waals surface area contributed by atoms with Gasteiger partial charge in [0.2, 0.25) is 0 Å². The Labute approximate surface area is 160 Å². The van der Waals surface area contributed by atoms with Gasteiger partial charge in [0, 0.05) is 23.1 Å².